The van der Waals surface area contributed by atoms with Gasteiger partial charge in [0.25, 0.3) is 0 Å². The zero-order valence-corrected chi connectivity index (χ0v) is 11.2. The van der Waals surface area contributed by atoms with Crippen molar-refractivity contribution in [3.63, 3.8) is 0 Å². The van der Waals surface area contributed by atoms with Gasteiger partial charge in [-0.2, -0.15) is 0 Å². The molecule has 0 saturated heterocycles. The Bertz CT molecular complexity index is 376. The van der Waals surface area contributed by atoms with E-state index in [4.69, 9.17) is 6.42 Å². The number of hydrogen-bond donors (Lipinski definition) is 1. The van der Waals surface area contributed by atoms with Crippen molar-refractivity contribution in [3.8, 4) is 12.3 Å². The van der Waals surface area contributed by atoms with E-state index in [0.717, 1.165) is 30.2 Å². The fourth-order valence-electron chi connectivity index (χ4n) is 1.16. The van der Waals surface area contributed by atoms with Crippen molar-refractivity contribution in [3.05, 3.63) is 34.1 Å². The van der Waals surface area contributed by atoms with Crippen molar-refractivity contribution < 1.29 is 4.39 Å². The summed E-state index contributed by atoms with van der Waals surface area (Å²) >= 11 is 4.89. The van der Waals surface area contributed by atoms with Gasteiger partial charge >= 0.3 is 0 Å². The standard InChI is InChI=1S/C12H13BrFNS/c1-2-6-16-7-5-15-9-10-3-4-12(14)11(13)8-10/h1,3-4,8,15H,5-7,9H2. The smallest absolute Gasteiger partial charge is 0.137 e. The number of terminal acetylenes is 1. The van der Waals surface area contributed by atoms with Gasteiger partial charge in [-0.25, -0.2) is 4.39 Å². The molecule has 16 heavy (non-hydrogen) atoms. The minimum absolute atomic E-state index is 0.228. The number of halogens is 2. The molecule has 0 aromatic heterocycles. The summed E-state index contributed by atoms with van der Waals surface area (Å²) in [4.78, 5) is 0. The molecular formula is C12H13BrFNS. The van der Waals surface area contributed by atoms with Crippen molar-refractivity contribution in [2.45, 2.75) is 6.54 Å². The van der Waals surface area contributed by atoms with Crippen LogP contribution in [0.1, 0.15) is 5.56 Å². The molecule has 1 rings (SSSR count). The van der Waals surface area contributed by atoms with Crippen molar-refractivity contribution in [1.82, 2.24) is 5.32 Å². The monoisotopic (exact) mass is 301 g/mol. The molecule has 0 atom stereocenters. The Morgan fingerprint density at radius 2 is 2.31 bits per heavy atom. The fourth-order valence-corrected chi connectivity index (χ4v) is 2.13. The second kappa shape index (κ2) is 7.72. The van der Waals surface area contributed by atoms with Crippen LogP contribution in [0.4, 0.5) is 4.39 Å². The van der Waals surface area contributed by atoms with Gasteiger partial charge in [-0.3, -0.25) is 0 Å². The van der Waals surface area contributed by atoms with Crippen LogP contribution in [0.15, 0.2) is 22.7 Å². The highest BCUT2D eigenvalue weighted by Gasteiger charge is 1.99. The first kappa shape index (κ1) is 13.6. The van der Waals surface area contributed by atoms with E-state index >= 15 is 0 Å². The van der Waals surface area contributed by atoms with Gasteiger partial charge in [-0.15, -0.1) is 18.2 Å². The average molecular weight is 302 g/mol. The number of benzene rings is 1. The van der Waals surface area contributed by atoms with Crippen LogP contribution in [0.3, 0.4) is 0 Å². The van der Waals surface area contributed by atoms with Gasteiger partial charge in [-0.05, 0) is 33.6 Å². The summed E-state index contributed by atoms with van der Waals surface area (Å²) in [5.74, 6) is 4.10. The first-order valence-corrected chi connectivity index (χ1v) is 6.84. The number of rotatable bonds is 6. The van der Waals surface area contributed by atoms with Gasteiger partial charge in [0.1, 0.15) is 5.82 Å². The summed E-state index contributed by atoms with van der Waals surface area (Å²) in [6.45, 7) is 1.65. The van der Waals surface area contributed by atoms with Crippen LogP contribution in [-0.2, 0) is 6.54 Å². The third-order valence-corrected chi connectivity index (χ3v) is 3.39. The van der Waals surface area contributed by atoms with E-state index in [2.05, 4.69) is 27.2 Å². The van der Waals surface area contributed by atoms with E-state index in [1.54, 1.807) is 23.9 Å². The Hall–Kier alpha value is -0.500. The summed E-state index contributed by atoms with van der Waals surface area (Å²) in [5.41, 5.74) is 1.07. The zero-order valence-electron chi connectivity index (χ0n) is 8.80. The molecule has 0 unspecified atom stereocenters. The van der Waals surface area contributed by atoms with E-state index in [1.165, 1.54) is 6.07 Å². The van der Waals surface area contributed by atoms with Gasteiger partial charge in [0.15, 0.2) is 0 Å². The summed E-state index contributed by atoms with van der Waals surface area (Å²) in [6, 6.07) is 5.03. The Morgan fingerprint density at radius 1 is 1.50 bits per heavy atom. The molecule has 1 aromatic carbocycles. The van der Waals surface area contributed by atoms with Crippen LogP contribution < -0.4 is 5.32 Å². The molecule has 0 radical (unpaired) electrons. The van der Waals surface area contributed by atoms with Crippen molar-refractivity contribution >= 4 is 27.7 Å². The Labute approximate surface area is 108 Å². The number of hydrogen-bond acceptors (Lipinski definition) is 2. The van der Waals surface area contributed by atoms with Gasteiger partial charge in [0, 0.05) is 18.8 Å². The lowest BCUT2D eigenvalue weighted by Crippen LogP contribution is -2.16. The van der Waals surface area contributed by atoms with Crippen LogP contribution in [0.2, 0.25) is 0 Å². The maximum Gasteiger partial charge on any atom is 0.137 e. The van der Waals surface area contributed by atoms with Crippen LogP contribution in [0.25, 0.3) is 0 Å². The van der Waals surface area contributed by atoms with Crippen molar-refractivity contribution in [1.29, 1.82) is 0 Å². The quantitative estimate of drug-likeness (QED) is 0.640. The summed E-state index contributed by atoms with van der Waals surface area (Å²) < 4.78 is 13.4. The van der Waals surface area contributed by atoms with E-state index in [9.17, 15) is 4.39 Å². The van der Waals surface area contributed by atoms with Crippen molar-refractivity contribution in [2.75, 3.05) is 18.1 Å². The average Bonchev–Trinajstić information content (AvgIpc) is 2.28. The topological polar surface area (TPSA) is 12.0 Å². The largest absolute Gasteiger partial charge is 0.312 e. The molecule has 0 aliphatic rings. The highest BCUT2D eigenvalue weighted by molar-refractivity contribution is 9.10. The molecule has 0 amide bonds. The molecule has 86 valence electrons. The lowest BCUT2D eigenvalue weighted by molar-refractivity contribution is 0.619. The molecule has 4 heteroatoms. The van der Waals surface area contributed by atoms with Crippen LogP contribution in [0.5, 0.6) is 0 Å². The van der Waals surface area contributed by atoms with E-state index in [0.29, 0.717) is 4.47 Å². The number of thioether (sulfide) groups is 1. The van der Waals surface area contributed by atoms with Gasteiger partial charge in [0.2, 0.25) is 0 Å². The summed E-state index contributed by atoms with van der Waals surface area (Å²) in [7, 11) is 0. The van der Waals surface area contributed by atoms with Gasteiger partial charge in [0.05, 0.1) is 10.2 Å². The lowest BCUT2D eigenvalue weighted by Gasteiger charge is -2.05. The Kier molecular flexibility index (Phi) is 6.55. The maximum atomic E-state index is 12.9. The molecule has 0 aliphatic heterocycles. The third-order valence-electron chi connectivity index (χ3n) is 1.92. The molecule has 1 aromatic rings. The maximum absolute atomic E-state index is 12.9. The number of nitrogens with one attached hydrogen (secondary N) is 1. The second-order valence-electron chi connectivity index (χ2n) is 3.18. The minimum atomic E-state index is -0.228. The van der Waals surface area contributed by atoms with Crippen LogP contribution in [0, 0.1) is 18.2 Å². The first-order valence-electron chi connectivity index (χ1n) is 4.90. The Morgan fingerprint density at radius 3 is 3.00 bits per heavy atom. The molecule has 1 nitrogen and oxygen atoms in total. The molecule has 1 N–H and O–H groups in total. The predicted octanol–water partition coefficient (Wildman–Crippen LogP) is 3.04. The first-order chi connectivity index (χ1) is 7.74. The predicted molar refractivity (Wildman–Crippen MR) is 72.0 cm³/mol. The van der Waals surface area contributed by atoms with Gasteiger partial charge in [-0.1, -0.05) is 12.0 Å². The Balaban J connectivity index is 2.22. The third kappa shape index (κ3) is 5.02. The molecule has 0 spiro atoms. The lowest BCUT2D eigenvalue weighted by atomic mass is 10.2. The summed E-state index contributed by atoms with van der Waals surface area (Å²) in [6.07, 6.45) is 5.13. The minimum Gasteiger partial charge on any atom is -0.312 e. The van der Waals surface area contributed by atoms with E-state index < -0.39 is 0 Å². The molecule has 0 bridgehead atoms. The SMILES string of the molecule is C#CCSCCNCc1ccc(F)c(Br)c1. The molecule has 0 heterocycles. The molecule has 0 aliphatic carbocycles. The molecule has 0 fully saturated rings. The molecule has 0 saturated carbocycles. The highest BCUT2D eigenvalue weighted by Crippen LogP contribution is 2.16. The van der Waals surface area contributed by atoms with E-state index in [1.807, 2.05) is 0 Å². The zero-order chi connectivity index (χ0) is 11.8. The van der Waals surface area contributed by atoms with E-state index in [-0.39, 0.29) is 5.82 Å². The molecular weight excluding hydrogens is 289 g/mol. The fraction of sp³-hybridized carbons (Fsp3) is 0.333. The highest BCUT2D eigenvalue weighted by atomic mass is 79.9. The normalized spacial score (nSPS) is 10.1. The van der Waals surface area contributed by atoms with Gasteiger partial charge < -0.3 is 5.32 Å². The summed E-state index contributed by atoms with van der Waals surface area (Å²) in [5, 5.41) is 3.27. The van der Waals surface area contributed by atoms with Crippen molar-refractivity contribution in [2.24, 2.45) is 0 Å². The van der Waals surface area contributed by atoms with Crippen LogP contribution >= 0.6 is 27.7 Å². The van der Waals surface area contributed by atoms with Crippen LogP contribution in [-0.4, -0.2) is 18.1 Å². The second-order valence-corrected chi connectivity index (χ2v) is 5.14.